The number of pyridine rings is 1. The predicted molar refractivity (Wildman–Crippen MR) is 153 cm³/mol. The van der Waals surface area contributed by atoms with E-state index in [9.17, 15) is 49.8 Å². The number of alkyl halides is 7. The first-order chi connectivity index (χ1) is 22.4. The van der Waals surface area contributed by atoms with Crippen LogP contribution in [-0.2, 0) is 29.4 Å². The molecule has 0 saturated heterocycles. The maximum atomic E-state index is 15.1. The Morgan fingerprint density at radius 2 is 1.60 bits per heavy atom. The third-order valence-electron chi connectivity index (χ3n) is 7.08. The normalized spacial score (nSPS) is 13.2. The topological polar surface area (TPSA) is 88.5 Å². The van der Waals surface area contributed by atoms with Gasteiger partial charge >= 0.3 is 24.7 Å². The summed E-state index contributed by atoms with van der Waals surface area (Å²) in [5, 5.41) is 11.8. The summed E-state index contributed by atoms with van der Waals surface area (Å²) in [6, 6.07) is 11.7. The number of benzene rings is 3. The average Bonchev–Trinajstić information content (AvgIpc) is 2.99. The van der Waals surface area contributed by atoms with Crippen LogP contribution in [0.5, 0.6) is 5.75 Å². The van der Waals surface area contributed by atoms with E-state index in [1.54, 1.807) is 6.07 Å². The fourth-order valence-electron chi connectivity index (χ4n) is 4.87. The minimum atomic E-state index is -5.22. The summed E-state index contributed by atoms with van der Waals surface area (Å²) in [7, 11) is 0. The number of nitrogens with one attached hydrogen (secondary N) is 1. The van der Waals surface area contributed by atoms with Gasteiger partial charge in [-0.3, -0.25) is 14.6 Å². The Morgan fingerprint density at radius 1 is 0.917 bits per heavy atom. The lowest BCUT2D eigenvalue weighted by Crippen LogP contribution is -2.49. The van der Waals surface area contributed by atoms with Crippen LogP contribution in [0, 0.1) is 11.6 Å². The number of hydrogen-bond acceptors (Lipinski definition) is 4. The van der Waals surface area contributed by atoms with Crippen LogP contribution in [-0.4, -0.2) is 34.5 Å². The molecule has 1 heterocycles. The minimum absolute atomic E-state index is 0.0500. The number of carbonyl (C=O) groups excluding carboxylic acids is 1. The van der Waals surface area contributed by atoms with Gasteiger partial charge in [-0.25, -0.2) is 8.78 Å². The zero-order chi connectivity index (χ0) is 35.4. The number of carboxylic acid groups (broad SMARTS) is 1. The lowest BCUT2D eigenvalue weighted by molar-refractivity contribution is -0.253. The summed E-state index contributed by atoms with van der Waals surface area (Å²) in [6.45, 7) is 0. The third-order valence-corrected chi connectivity index (χ3v) is 7.30. The van der Waals surface area contributed by atoms with E-state index in [0.717, 1.165) is 18.3 Å². The van der Waals surface area contributed by atoms with E-state index >= 15 is 4.39 Å². The molecule has 1 atom stereocenters. The number of halogens is 10. The number of nitrogens with zero attached hydrogens (tertiary/aromatic N) is 1. The second-order valence-corrected chi connectivity index (χ2v) is 10.8. The second-order valence-electron chi connectivity index (χ2n) is 10.4. The minimum Gasteiger partial charge on any atom is -0.481 e. The molecule has 0 spiro atoms. The van der Waals surface area contributed by atoms with Crippen molar-refractivity contribution < 1.29 is 58.9 Å². The summed E-state index contributed by atoms with van der Waals surface area (Å²) in [5.74, 6) is -6.62. The number of ether oxygens (including phenoxy) is 1. The van der Waals surface area contributed by atoms with E-state index < -0.39 is 76.6 Å². The molecule has 1 amide bonds. The van der Waals surface area contributed by atoms with Crippen LogP contribution in [0.2, 0.25) is 5.02 Å². The number of hydrogen-bond donors (Lipinski definition) is 2. The fraction of sp³-hybridized carbons (Fsp3) is 0.219. The van der Waals surface area contributed by atoms with E-state index in [4.69, 9.17) is 11.6 Å². The number of rotatable bonds is 12. The van der Waals surface area contributed by atoms with Gasteiger partial charge < -0.3 is 15.2 Å². The summed E-state index contributed by atoms with van der Waals surface area (Å²) in [4.78, 5) is 29.3. The van der Waals surface area contributed by atoms with Crippen molar-refractivity contribution in [2.24, 2.45) is 0 Å². The molecule has 0 unspecified atom stereocenters. The molecule has 6 nitrogen and oxygen atoms in total. The van der Waals surface area contributed by atoms with Crippen LogP contribution >= 0.6 is 11.6 Å². The van der Waals surface area contributed by atoms with Gasteiger partial charge in [0.05, 0.1) is 16.3 Å². The Morgan fingerprint density at radius 3 is 2.21 bits per heavy atom. The largest absolute Gasteiger partial charge is 0.481 e. The first-order valence-corrected chi connectivity index (χ1v) is 14.0. The highest BCUT2D eigenvalue weighted by Crippen LogP contribution is 2.39. The van der Waals surface area contributed by atoms with Gasteiger partial charge in [-0.15, -0.1) is 0 Å². The lowest BCUT2D eigenvalue weighted by atomic mass is 9.78. The van der Waals surface area contributed by atoms with Gasteiger partial charge in [0.1, 0.15) is 22.9 Å². The van der Waals surface area contributed by atoms with E-state index in [2.05, 4.69) is 15.0 Å². The third kappa shape index (κ3) is 8.37. The van der Waals surface area contributed by atoms with Gasteiger partial charge in [-0.05, 0) is 65.6 Å². The van der Waals surface area contributed by atoms with Crippen molar-refractivity contribution >= 4 is 23.5 Å². The van der Waals surface area contributed by atoms with Crippen LogP contribution in [0.1, 0.15) is 44.7 Å². The Bertz CT molecular complexity index is 1800. The number of carboxylic acids is 1. The van der Waals surface area contributed by atoms with Crippen molar-refractivity contribution in [2.45, 2.75) is 43.5 Å². The molecule has 0 aliphatic heterocycles. The number of aryl methyl sites for hydroxylation is 1. The quantitative estimate of drug-likeness (QED) is 0.145. The number of carbonyl (C=O) groups is 2. The number of amides is 1. The summed E-state index contributed by atoms with van der Waals surface area (Å²) >= 11 is 6.01. The number of aromatic nitrogens is 1. The van der Waals surface area contributed by atoms with Gasteiger partial charge in [0.25, 0.3) is 5.91 Å². The average molecular weight is 705 g/mol. The predicted octanol–water partition coefficient (Wildman–Crippen LogP) is 8.20. The Labute approximate surface area is 271 Å². The molecule has 0 aliphatic carbocycles. The molecule has 48 heavy (non-hydrogen) atoms. The van der Waals surface area contributed by atoms with Crippen LogP contribution in [0.25, 0.3) is 0 Å². The van der Waals surface area contributed by atoms with E-state index in [1.165, 1.54) is 30.3 Å². The lowest BCUT2D eigenvalue weighted by Gasteiger charge is -2.36. The summed E-state index contributed by atoms with van der Waals surface area (Å²) in [6.07, 6.45) is -14.5. The molecule has 0 aliphatic rings. The first-order valence-electron chi connectivity index (χ1n) is 13.7. The molecule has 0 saturated carbocycles. The monoisotopic (exact) mass is 704 g/mol. The van der Waals surface area contributed by atoms with Crippen molar-refractivity contribution in [2.75, 3.05) is 0 Å². The number of aliphatic carboxylic acids is 1. The molecular weight excluding hydrogens is 683 g/mol. The van der Waals surface area contributed by atoms with Crippen LogP contribution in [0.15, 0.2) is 79.0 Å². The van der Waals surface area contributed by atoms with Crippen molar-refractivity contribution in [1.29, 1.82) is 0 Å². The summed E-state index contributed by atoms with van der Waals surface area (Å²) in [5.41, 5.74) is -4.78. The van der Waals surface area contributed by atoms with Crippen LogP contribution in [0.4, 0.5) is 39.5 Å². The molecule has 4 aromatic rings. The van der Waals surface area contributed by atoms with Crippen molar-refractivity contribution in [3.63, 3.8) is 0 Å². The maximum Gasteiger partial charge on any atom is 0.461 e. The SMILES string of the molecule is O=C(O)CCc1ccccc1C[C@](NC(=O)c1ccc(F)c(C(F)(F)F)c1)(c1cc(F)cc(OC(F)(F)C(F)F)c1)c1ccc(Cl)cn1. The Hall–Kier alpha value is -4.79. The molecule has 0 radical (unpaired) electrons. The van der Waals surface area contributed by atoms with Gasteiger partial charge in [0.15, 0.2) is 0 Å². The summed E-state index contributed by atoms with van der Waals surface area (Å²) < 4.78 is 128. The molecular formula is C32H22ClF9N2O4. The molecule has 0 fully saturated rings. The highest BCUT2D eigenvalue weighted by atomic mass is 35.5. The first kappa shape index (κ1) is 36.1. The molecule has 2 N–H and O–H groups in total. The smallest absolute Gasteiger partial charge is 0.461 e. The molecule has 16 heteroatoms. The molecule has 0 bridgehead atoms. The van der Waals surface area contributed by atoms with Gasteiger partial charge in [0, 0.05) is 30.7 Å². The van der Waals surface area contributed by atoms with Crippen molar-refractivity contribution in [3.8, 4) is 5.75 Å². The Kier molecular flexibility index (Phi) is 10.6. The molecule has 3 aromatic carbocycles. The van der Waals surface area contributed by atoms with Gasteiger partial charge in [0.2, 0.25) is 0 Å². The van der Waals surface area contributed by atoms with Crippen molar-refractivity contribution in [1.82, 2.24) is 10.3 Å². The second kappa shape index (κ2) is 14.1. The zero-order valence-electron chi connectivity index (χ0n) is 24.1. The van der Waals surface area contributed by atoms with Crippen LogP contribution in [0.3, 0.4) is 0 Å². The molecule has 1 aromatic heterocycles. The van der Waals surface area contributed by atoms with Gasteiger partial charge in [-0.2, -0.15) is 30.7 Å². The highest BCUT2D eigenvalue weighted by molar-refractivity contribution is 6.30. The standard InChI is InChI=1S/C32H22ClF9N2O4/c33-21-7-9-26(43-16-21)30(15-19-4-2-1-3-17(19)6-10-27(45)46,20-12-22(34)14-23(13-20)48-32(41,42)29(36)37)44-28(47)18-5-8-25(35)24(11-18)31(38,39)40/h1-5,7-9,11-14,16,29H,6,10,15H2,(H,44,47)(H,45,46)/t30-/m0/s1. The Balaban J connectivity index is 2.00. The van der Waals surface area contributed by atoms with E-state index in [0.29, 0.717) is 23.8 Å². The van der Waals surface area contributed by atoms with Gasteiger partial charge in [-0.1, -0.05) is 35.9 Å². The van der Waals surface area contributed by atoms with Crippen molar-refractivity contribution in [3.05, 3.63) is 129 Å². The van der Waals surface area contributed by atoms with Crippen LogP contribution < -0.4 is 10.1 Å². The molecule has 254 valence electrons. The fourth-order valence-corrected chi connectivity index (χ4v) is 4.98. The van der Waals surface area contributed by atoms with E-state index in [1.807, 2.05) is 0 Å². The van der Waals surface area contributed by atoms with E-state index in [-0.39, 0.29) is 35.2 Å². The zero-order valence-corrected chi connectivity index (χ0v) is 24.9. The maximum absolute atomic E-state index is 15.1. The molecule has 4 rings (SSSR count). The highest BCUT2D eigenvalue weighted by Gasteiger charge is 2.45.